The molecule has 0 aliphatic rings. The van der Waals surface area contributed by atoms with Crippen molar-refractivity contribution < 1.29 is 29.4 Å². The molecule has 0 aliphatic carbocycles. The number of amides is 3. The molecule has 0 spiro atoms. The van der Waals surface area contributed by atoms with Gasteiger partial charge in [0.15, 0.2) is 0 Å². The molecule has 11 nitrogen and oxygen atoms in total. The third-order valence-electron chi connectivity index (χ3n) is 5.22. The van der Waals surface area contributed by atoms with E-state index in [4.69, 9.17) is 5.73 Å². The number of nitrogens with two attached hydrogens (primary N) is 1. The predicted molar refractivity (Wildman–Crippen MR) is 129 cm³/mol. The summed E-state index contributed by atoms with van der Waals surface area (Å²) in [6.45, 7) is 0.893. The number of aliphatic hydroxyl groups excluding tert-OH is 1. The summed E-state index contributed by atoms with van der Waals surface area (Å²) in [7, 11) is 0. The van der Waals surface area contributed by atoms with Gasteiger partial charge in [-0.3, -0.25) is 14.4 Å². The minimum atomic E-state index is -1.24. The number of aromatic nitrogens is 1. The van der Waals surface area contributed by atoms with Crippen molar-refractivity contribution in [2.45, 2.75) is 44.0 Å². The van der Waals surface area contributed by atoms with Crippen LogP contribution in [0.2, 0.25) is 0 Å². The summed E-state index contributed by atoms with van der Waals surface area (Å²) < 4.78 is 0. The van der Waals surface area contributed by atoms with E-state index in [9.17, 15) is 29.4 Å². The highest BCUT2D eigenvalue weighted by Crippen LogP contribution is 2.19. The summed E-state index contributed by atoms with van der Waals surface area (Å²) in [5.74, 6) is -2.65. The molecule has 1 aromatic heterocycles. The van der Waals surface area contributed by atoms with E-state index in [1.807, 2.05) is 30.5 Å². The number of carbonyl (C=O) groups is 4. The lowest BCUT2D eigenvalue weighted by atomic mass is 10.0. The van der Waals surface area contributed by atoms with Crippen LogP contribution in [-0.2, 0) is 25.6 Å². The van der Waals surface area contributed by atoms with Crippen molar-refractivity contribution in [2.75, 3.05) is 18.6 Å². The second kappa shape index (κ2) is 13.0. The van der Waals surface area contributed by atoms with Gasteiger partial charge in [-0.05, 0) is 37.0 Å². The topological polar surface area (TPSA) is 187 Å². The molecule has 0 radical (unpaired) electrons. The van der Waals surface area contributed by atoms with Crippen LogP contribution < -0.4 is 21.7 Å². The first kappa shape index (κ1) is 27.2. The number of aliphatic hydroxyl groups is 1. The fourth-order valence-corrected chi connectivity index (χ4v) is 3.72. The van der Waals surface area contributed by atoms with Gasteiger partial charge in [-0.15, -0.1) is 0 Å². The molecule has 0 saturated heterocycles. The second-order valence-electron chi connectivity index (χ2n) is 7.85. The number of thioether (sulfide) groups is 1. The van der Waals surface area contributed by atoms with Crippen LogP contribution in [0.5, 0.6) is 0 Å². The lowest BCUT2D eigenvalue weighted by Crippen LogP contribution is -2.56. The van der Waals surface area contributed by atoms with Gasteiger partial charge < -0.3 is 36.9 Å². The Balaban J connectivity index is 2.09. The van der Waals surface area contributed by atoms with E-state index in [-0.39, 0.29) is 12.8 Å². The van der Waals surface area contributed by atoms with Crippen molar-refractivity contribution in [3.05, 3.63) is 36.0 Å². The van der Waals surface area contributed by atoms with E-state index in [1.165, 1.54) is 18.7 Å². The lowest BCUT2D eigenvalue weighted by molar-refractivity contribution is -0.141. The molecule has 2 rings (SSSR count). The monoisotopic (exact) mass is 493 g/mol. The number of carbonyl (C=O) groups excluding carboxylic acids is 3. The van der Waals surface area contributed by atoms with Crippen LogP contribution in [0, 0.1) is 0 Å². The van der Waals surface area contributed by atoms with E-state index < -0.39 is 54.5 Å². The first-order chi connectivity index (χ1) is 16.1. The Kier molecular flexibility index (Phi) is 10.4. The van der Waals surface area contributed by atoms with Crippen molar-refractivity contribution in [1.29, 1.82) is 0 Å². The highest BCUT2D eigenvalue weighted by molar-refractivity contribution is 7.98. The Morgan fingerprint density at radius 3 is 2.47 bits per heavy atom. The lowest BCUT2D eigenvalue weighted by Gasteiger charge is -2.22. The number of fused-ring (bicyclic) bond motifs is 1. The fourth-order valence-electron chi connectivity index (χ4n) is 3.25. The summed E-state index contributed by atoms with van der Waals surface area (Å²) in [5.41, 5.74) is 7.31. The number of aromatic amines is 1. The van der Waals surface area contributed by atoms with Gasteiger partial charge >= 0.3 is 5.97 Å². The number of aliphatic carboxylic acids is 1. The standard InChI is InChI=1S/C22H31N5O6S/c1-12(28)19(23)21(31)27-17(9-13-10-24-15-6-4-3-5-14(13)15)20(30)25-11-18(29)26-16(22(32)33)7-8-34-2/h3-6,10,12,16-17,19,24,28H,7-9,11,23H2,1-2H3,(H,25,30)(H,26,29)(H,27,31)(H,32,33). The maximum absolute atomic E-state index is 12.9. The molecule has 8 N–H and O–H groups in total. The number of carboxylic acid groups (broad SMARTS) is 1. The molecule has 34 heavy (non-hydrogen) atoms. The van der Waals surface area contributed by atoms with Crippen molar-refractivity contribution >= 4 is 46.4 Å². The highest BCUT2D eigenvalue weighted by Gasteiger charge is 2.27. The van der Waals surface area contributed by atoms with Crippen LogP contribution in [0.1, 0.15) is 18.9 Å². The molecule has 0 bridgehead atoms. The van der Waals surface area contributed by atoms with Crippen LogP contribution in [-0.4, -0.2) is 81.7 Å². The number of benzene rings is 1. The first-order valence-corrected chi connectivity index (χ1v) is 12.1. The summed E-state index contributed by atoms with van der Waals surface area (Å²) >= 11 is 1.45. The Bertz CT molecular complexity index is 1010. The molecule has 0 saturated carbocycles. The Hall–Kier alpha value is -3.09. The third kappa shape index (κ3) is 7.75. The number of rotatable bonds is 13. The molecule has 4 unspecified atom stereocenters. The number of H-pyrrole nitrogens is 1. The van der Waals surface area contributed by atoms with Crippen LogP contribution in [0.3, 0.4) is 0 Å². The normalized spacial score (nSPS) is 14.6. The smallest absolute Gasteiger partial charge is 0.326 e. The fraction of sp³-hybridized carbons (Fsp3) is 0.455. The minimum absolute atomic E-state index is 0.0984. The maximum atomic E-state index is 12.9. The van der Waals surface area contributed by atoms with Gasteiger partial charge in [0.2, 0.25) is 17.7 Å². The Morgan fingerprint density at radius 1 is 1.12 bits per heavy atom. The zero-order chi connectivity index (χ0) is 25.3. The molecule has 12 heteroatoms. The largest absolute Gasteiger partial charge is 0.480 e. The van der Waals surface area contributed by atoms with Crippen molar-refractivity contribution in [3.8, 4) is 0 Å². The van der Waals surface area contributed by atoms with E-state index >= 15 is 0 Å². The molecule has 1 aromatic carbocycles. The SMILES string of the molecule is CSCCC(NC(=O)CNC(=O)C(Cc1c[nH]c2ccccc12)NC(=O)C(N)C(C)O)C(=O)O. The third-order valence-corrected chi connectivity index (χ3v) is 5.87. The van der Waals surface area contributed by atoms with Gasteiger partial charge in [-0.2, -0.15) is 11.8 Å². The quantitative estimate of drug-likeness (QED) is 0.192. The zero-order valence-electron chi connectivity index (χ0n) is 19.0. The molecular weight excluding hydrogens is 462 g/mol. The second-order valence-corrected chi connectivity index (χ2v) is 8.83. The van der Waals surface area contributed by atoms with Crippen molar-refractivity contribution in [3.63, 3.8) is 0 Å². The number of carboxylic acids is 1. The Labute approximate surface area is 201 Å². The van der Waals surface area contributed by atoms with Crippen LogP contribution in [0.15, 0.2) is 30.5 Å². The van der Waals surface area contributed by atoms with Gasteiger partial charge in [0.25, 0.3) is 0 Å². The average Bonchev–Trinajstić information content (AvgIpc) is 3.21. The summed E-state index contributed by atoms with van der Waals surface area (Å²) in [4.78, 5) is 51.9. The molecule has 0 aliphatic heterocycles. The summed E-state index contributed by atoms with van der Waals surface area (Å²) in [6.07, 6.45) is 2.76. The molecule has 3 amide bonds. The number of nitrogens with one attached hydrogen (secondary N) is 4. The van der Waals surface area contributed by atoms with E-state index in [0.717, 1.165) is 16.5 Å². The summed E-state index contributed by atoms with van der Waals surface area (Å²) in [6, 6.07) is 4.05. The zero-order valence-corrected chi connectivity index (χ0v) is 19.9. The molecule has 1 heterocycles. The predicted octanol–water partition coefficient (Wildman–Crippen LogP) is -0.658. The van der Waals surface area contributed by atoms with Crippen molar-refractivity contribution in [1.82, 2.24) is 20.9 Å². The molecule has 2 aromatic rings. The number of para-hydroxylation sites is 1. The summed E-state index contributed by atoms with van der Waals surface area (Å²) in [5, 5.41) is 27.1. The van der Waals surface area contributed by atoms with Gasteiger partial charge in [-0.1, -0.05) is 18.2 Å². The minimum Gasteiger partial charge on any atom is -0.480 e. The highest BCUT2D eigenvalue weighted by atomic mass is 32.2. The molecule has 4 atom stereocenters. The number of hydrogen-bond donors (Lipinski definition) is 7. The van der Waals surface area contributed by atoms with E-state index in [1.54, 1.807) is 6.20 Å². The molecule has 186 valence electrons. The van der Waals surface area contributed by atoms with Crippen LogP contribution in [0.4, 0.5) is 0 Å². The molecular formula is C22H31N5O6S. The van der Waals surface area contributed by atoms with Gasteiger partial charge in [0.1, 0.15) is 18.1 Å². The van der Waals surface area contributed by atoms with Gasteiger partial charge in [0.05, 0.1) is 12.6 Å². The first-order valence-electron chi connectivity index (χ1n) is 10.7. The van der Waals surface area contributed by atoms with Crippen LogP contribution in [0.25, 0.3) is 10.9 Å². The Morgan fingerprint density at radius 2 is 1.82 bits per heavy atom. The maximum Gasteiger partial charge on any atom is 0.326 e. The van der Waals surface area contributed by atoms with Crippen LogP contribution >= 0.6 is 11.8 Å². The van der Waals surface area contributed by atoms with E-state index in [2.05, 4.69) is 20.9 Å². The number of hydrogen-bond acceptors (Lipinski definition) is 7. The van der Waals surface area contributed by atoms with Gasteiger partial charge in [0, 0.05) is 23.5 Å². The average molecular weight is 494 g/mol. The molecule has 0 fully saturated rings. The van der Waals surface area contributed by atoms with Crippen molar-refractivity contribution in [2.24, 2.45) is 5.73 Å². The van der Waals surface area contributed by atoms with Gasteiger partial charge in [-0.25, -0.2) is 4.79 Å². The van der Waals surface area contributed by atoms with E-state index in [0.29, 0.717) is 5.75 Å².